The van der Waals surface area contributed by atoms with E-state index in [4.69, 9.17) is 4.74 Å². The summed E-state index contributed by atoms with van der Waals surface area (Å²) in [5, 5.41) is 13.1. The molecule has 1 aromatic rings. The van der Waals surface area contributed by atoms with Crippen LogP contribution in [0.4, 0.5) is 10.1 Å². The molecule has 0 spiro atoms. The molecular weight excluding hydrogens is 261 g/mol. The van der Waals surface area contributed by atoms with Gasteiger partial charge in [0, 0.05) is 30.2 Å². The minimum Gasteiger partial charge on any atom is -0.388 e. The number of aliphatic hydroxyl groups excluding tert-OH is 1. The lowest BCUT2D eigenvalue weighted by atomic mass is 9.88. The van der Waals surface area contributed by atoms with Gasteiger partial charge in [-0.3, -0.25) is 4.79 Å². The zero-order valence-corrected chi connectivity index (χ0v) is 11.4. The van der Waals surface area contributed by atoms with Gasteiger partial charge in [-0.25, -0.2) is 4.39 Å². The molecule has 1 fully saturated rings. The predicted octanol–water partition coefficient (Wildman–Crippen LogP) is 2.17. The highest BCUT2D eigenvalue weighted by Gasteiger charge is 2.33. The molecule has 0 aromatic heterocycles. The lowest BCUT2D eigenvalue weighted by Gasteiger charge is -2.24. The Morgan fingerprint density at radius 1 is 1.45 bits per heavy atom. The summed E-state index contributed by atoms with van der Waals surface area (Å²) in [6, 6.07) is 2.99. The smallest absolute Gasteiger partial charge is 0.224 e. The van der Waals surface area contributed by atoms with Crippen LogP contribution in [0.2, 0.25) is 0 Å². The molecule has 0 aliphatic carbocycles. The van der Waals surface area contributed by atoms with Crippen molar-refractivity contribution in [1.82, 2.24) is 0 Å². The van der Waals surface area contributed by atoms with Crippen molar-refractivity contribution in [1.29, 1.82) is 0 Å². The van der Waals surface area contributed by atoms with E-state index in [0.717, 1.165) is 12.0 Å². The summed E-state index contributed by atoms with van der Waals surface area (Å²) in [6.07, 6.45) is 0.778. The number of anilines is 1. The normalized spacial score (nSPS) is 27.1. The fraction of sp³-hybridized carbons (Fsp3) is 0.533. The molecular formula is C15H18FNO3. The number of carbonyl (C=O) groups is 1. The van der Waals surface area contributed by atoms with Gasteiger partial charge < -0.3 is 15.2 Å². The van der Waals surface area contributed by atoms with Gasteiger partial charge in [-0.1, -0.05) is 0 Å². The van der Waals surface area contributed by atoms with Crippen LogP contribution in [0.25, 0.3) is 0 Å². The van der Waals surface area contributed by atoms with Crippen LogP contribution in [0, 0.1) is 11.7 Å². The molecule has 4 nitrogen and oxygen atoms in total. The fourth-order valence-corrected chi connectivity index (χ4v) is 3.04. The van der Waals surface area contributed by atoms with Crippen molar-refractivity contribution in [3.8, 4) is 0 Å². The van der Waals surface area contributed by atoms with Gasteiger partial charge in [-0.2, -0.15) is 0 Å². The molecule has 1 amide bonds. The average Bonchev–Trinajstić information content (AvgIpc) is 2.83. The molecule has 2 aliphatic rings. The van der Waals surface area contributed by atoms with Crippen LogP contribution < -0.4 is 5.32 Å². The molecule has 108 valence electrons. The summed E-state index contributed by atoms with van der Waals surface area (Å²) in [5.41, 5.74) is 1.71. The minimum atomic E-state index is -0.865. The molecule has 2 N–H and O–H groups in total. The van der Waals surface area contributed by atoms with E-state index in [1.54, 1.807) is 6.07 Å². The van der Waals surface area contributed by atoms with Gasteiger partial charge in [0.25, 0.3) is 0 Å². The summed E-state index contributed by atoms with van der Waals surface area (Å²) in [7, 11) is 0. The van der Waals surface area contributed by atoms with E-state index in [0.29, 0.717) is 30.7 Å². The first-order valence-corrected chi connectivity index (χ1v) is 6.98. The number of fused-ring (bicyclic) bond motifs is 1. The third-order valence-electron chi connectivity index (χ3n) is 4.28. The van der Waals surface area contributed by atoms with Crippen LogP contribution in [0.5, 0.6) is 0 Å². The van der Waals surface area contributed by atoms with E-state index in [1.807, 2.05) is 6.92 Å². The van der Waals surface area contributed by atoms with Crippen molar-refractivity contribution in [2.45, 2.75) is 38.4 Å². The Balaban J connectivity index is 1.92. The Labute approximate surface area is 116 Å². The number of ether oxygens (including phenoxy) is 1. The molecule has 5 heteroatoms. The molecule has 0 bridgehead atoms. The van der Waals surface area contributed by atoms with Gasteiger partial charge in [0.2, 0.25) is 5.91 Å². The number of hydrogen-bond donors (Lipinski definition) is 2. The van der Waals surface area contributed by atoms with Gasteiger partial charge >= 0.3 is 0 Å². The van der Waals surface area contributed by atoms with Crippen LogP contribution >= 0.6 is 0 Å². The monoisotopic (exact) mass is 279 g/mol. The molecule has 3 atom stereocenters. The second-order valence-corrected chi connectivity index (χ2v) is 5.55. The average molecular weight is 279 g/mol. The predicted molar refractivity (Wildman–Crippen MR) is 71.8 cm³/mol. The lowest BCUT2D eigenvalue weighted by molar-refractivity contribution is -0.116. The first kappa shape index (κ1) is 13.5. The Morgan fingerprint density at radius 2 is 2.25 bits per heavy atom. The van der Waals surface area contributed by atoms with Gasteiger partial charge in [-0.05, 0) is 37.5 Å². The summed E-state index contributed by atoms with van der Waals surface area (Å²) >= 11 is 0. The van der Waals surface area contributed by atoms with Crippen LogP contribution in [-0.2, 0) is 16.0 Å². The van der Waals surface area contributed by atoms with E-state index >= 15 is 0 Å². The van der Waals surface area contributed by atoms with Crippen molar-refractivity contribution in [2.75, 3.05) is 11.9 Å². The summed E-state index contributed by atoms with van der Waals surface area (Å²) in [4.78, 5) is 11.3. The molecule has 0 saturated carbocycles. The SMILES string of the molecule is CC1OCCC1C(O)c1cc2c(cc1F)NC(=O)CC2. The number of carbonyl (C=O) groups excluding carboxylic acids is 1. The molecule has 0 radical (unpaired) electrons. The number of benzene rings is 1. The molecule has 3 rings (SSSR count). The maximum Gasteiger partial charge on any atom is 0.224 e. The Morgan fingerprint density at radius 3 is 2.95 bits per heavy atom. The van der Waals surface area contributed by atoms with E-state index in [-0.39, 0.29) is 17.9 Å². The number of aryl methyl sites for hydroxylation is 1. The summed E-state index contributed by atoms with van der Waals surface area (Å²) in [5.74, 6) is -0.652. The largest absolute Gasteiger partial charge is 0.388 e. The maximum absolute atomic E-state index is 14.2. The first-order valence-electron chi connectivity index (χ1n) is 6.98. The highest BCUT2D eigenvalue weighted by atomic mass is 19.1. The zero-order chi connectivity index (χ0) is 14.3. The second kappa shape index (κ2) is 5.14. The molecule has 20 heavy (non-hydrogen) atoms. The fourth-order valence-electron chi connectivity index (χ4n) is 3.04. The number of halogens is 1. The molecule has 1 saturated heterocycles. The third kappa shape index (κ3) is 2.31. The van der Waals surface area contributed by atoms with E-state index in [2.05, 4.69) is 5.32 Å². The number of rotatable bonds is 2. The number of nitrogens with one attached hydrogen (secondary N) is 1. The quantitative estimate of drug-likeness (QED) is 0.872. The van der Waals surface area contributed by atoms with Crippen molar-refractivity contribution in [3.05, 3.63) is 29.1 Å². The van der Waals surface area contributed by atoms with Crippen LogP contribution in [0.15, 0.2) is 12.1 Å². The molecule has 1 aromatic carbocycles. The Bertz CT molecular complexity index is 546. The summed E-state index contributed by atoms with van der Waals surface area (Å²) < 4.78 is 19.6. The molecule has 2 heterocycles. The second-order valence-electron chi connectivity index (χ2n) is 5.55. The van der Waals surface area contributed by atoms with E-state index in [1.165, 1.54) is 6.07 Å². The zero-order valence-electron chi connectivity index (χ0n) is 11.4. The number of amides is 1. The minimum absolute atomic E-state index is 0.0693. The highest BCUT2D eigenvalue weighted by Crippen LogP contribution is 2.36. The molecule has 3 unspecified atom stereocenters. The van der Waals surface area contributed by atoms with E-state index < -0.39 is 11.9 Å². The standard InChI is InChI=1S/C15H18FNO3/c1-8-10(4-5-20-8)15(19)11-6-9-2-3-14(18)17-13(9)7-12(11)16/h6-8,10,15,19H,2-5H2,1H3,(H,17,18). The van der Waals surface area contributed by atoms with Gasteiger partial charge in [0.1, 0.15) is 5.82 Å². The van der Waals surface area contributed by atoms with Gasteiger partial charge in [-0.15, -0.1) is 0 Å². The Hall–Kier alpha value is -1.46. The Kier molecular flexibility index (Phi) is 3.48. The van der Waals surface area contributed by atoms with Gasteiger partial charge in [0.05, 0.1) is 12.2 Å². The van der Waals surface area contributed by atoms with Crippen molar-refractivity contribution in [2.24, 2.45) is 5.92 Å². The van der Waals surface area contributed by atoms with Crippen molar-refractivity contribution in [3.63, 3.8) is 0 Å². The van der Waals surface area contributed by atoms with Crippen molar-refractivity contribution >= 4 is 11.6 Å². The third-order valence-corrected chi connectivity index (χ3v) is 4.28. The number of aliphatic hydroxyl groups is 1. The van der Waals surface area contributed by atoms with Gasteiger partial charge in [0.15, 0.2) is 0 Å². The maximum atomic E-state index is 14.2. The number of hydrogen-bond acceptors (Lipinski definition) is 3. The highest BCUT2D eigenvalue weighted by molar-refractivity contribution is 5.93. The summed E-state index contributed by atoms with van der Waals surface area (Å²) in [6.45, 7) is 2.50. The van der Waals surface area contributed by atoms with Crippen LogP contribution in [0.3, 0.4) is 0 Å². The lowest BCUT2D eigenvalue weighted by Crippen LogP contribution is -2.23. The topological polar surface area (TPSA) is 58.6 Å². The van der Waals surface area contributed by atoms with Crippen LogP contribution in [-0.4, -0.2) is 23.7 Å². The first-order chi connectivity index (χ1) is 9.56. The van der Waals surface area contributed by atoms with Crippen molar-refractivity contribution < 1.29 is 19.0 Å². The van der Waals surface area contributed by atoms with Crippen LogP contribution in [0.1, 0.15) is 37.0 Å². The van der Waals surface area contributed by atoms with E-state index in [9.17, 15) is 14.3 Å². The molecule has 2 aliphatic heterocycles.